The summed E-state index contributed by atoms with van der Waals surface area (Å²) in [6.45, 7) is 0. The van der Waals surface area contributed by atoms with E-state index in [0.717, 1.165) is 11.4 Å². The molecule has 1 aromatic heterocycles. The van der Waals surface area contributed by atoms with Crippen LogP contribution in [0.4, 0.5) is 17.1 Å². The molecule has 0 fully saturated rings. The molecule has 0 saturated heterocycles. The van der Waals surface area contributed by atoms with E-state index < -0.39 is 0 Å². The molecule has 52 heavy (non-hydrogen) atoms. The van der Waals surface area contributed by atoms with Gasteiger partial charge in [-0.3, -0.25) is 0 Å². The van der Waals surface area contributed by atoms with Gasteiger partial charge in [-0.2, -0.15) is 0 Å². The van der Waals surface area contributed by atoms with E-state index >= 15 is 0 Å². The highest BCUT2D eigenvalue weighted by Gasteiger charge is 2.19. The van der Waals surface area contributed by atoms with Crippen LogP contribution in [0.2, 0.25) is 0 Å². The summed E-state index contributed by atoms with van der Waals surface area (Å²) in [6, 6.07) is 72.9. The zero-order chi connectivity index (χ0) is 34.4. The van der Waals surface area contributed by atoms with Crippen molar-refractivity contribution in [1.29, 1.82) is 0 Å². The first kappa shape index (κ1) is 30.4. The topological polar surface area (TPSA) is 3.24 Å². The first-order chi connectivity index (χ1) is 25.8. The largest absolute Gasteiger partial charge is 0.310 e. The van der Waals surface area contributed by atoms with Crippen molar-refractivity contribution < 1.29 is 0 Å². The highest BCUT2D eigenvalue weighted by molar-refractivity contribution is 7.26. The summed E-state index contributed by atoms with van der Waals surface area (Å²) in [5, 5.41) is 7.65. The van der Waals surface area contributed by atoms with Gasteiger partial charge in [0.2, 0.25) is 0 Å². The van der Waals surface area contributed by atoms with Crippen molar-refractivity contribution in [1.82, 2.24) is 0 Å². The molecule has 0 bridgehead atoms. The summed E-state index contributed by atoms with van der Waals surface area (Å²) in [6.07, 6.45) is 0. The Hall–Kier alpha value is -6.48. The monoisotopic (exact) mass is 679 g/mol. The van der Waals surface area contributed by atoms with E-state index in [0.29, 0.717) is 0 Å². The van der Waals surface area contributed by atoms with Crippen LogP contribution >= 0.6 is 11.3 Å². The second kappa shape index (κ2) is 12.7. The maximum Gasteiger partial charge on any atom is 0.0554 e. The van der Waals surface area contributed by atoms with Crippen molar-refractivity contribution >= 4 is 70.1 Å². The van der Waals surface area contributed by atoms with Gasteiger partial charge in [0.05, 0.1) is 5.69 Å². The van der Waals surface area contributed by atoms with E-state index in [2.05, 4.69) is 205 Å². The number of hydrogen-bond donors (Lipinski definition) is 0. The summed E-state index contributed by atoms with van der Waals surface area (Å²) >= 11 is 1.86. The summed E-state index contributed by atoms with van der Waals surface area (Å²) in [4.78, 5) is 2.43. The third-order valence-corrected chi connectivity index (χ3v) is 11.4. The summed E-state index contributed by atoms with van der Waals surface area (Å²) in [5.41, 5.74) is 10.7. The maximum atomic E-state index is 2.43. The van der Waals surface area contributed by atoms with Gasteiger partial charge in [0, 0.05) is 31.5 Å². The Bertz CT molecular complexity index is 2870. The molecule has 0 aliphatic carbocycles. The molecule has 0 N–H and O–H groups in total. The molecule has 10 aromatic rings. The standard InChI is InChI=1S/C50H33NS/c1-3-10-34(11-4-1)36-22-27-42(28-23-36)51(47-16-9-17-49-50(47)46-33-41(26-31-48(46)52-49)35-12-5-2-6-13-35)43-29-24-37(25-30-43)40-21-20-39-19-18-38-14-7-8-15-44(38)45(39)32-40/h1-33H. The van der Waals surface area contributed by atoms with Crippen molar-refractivity contribution in [3.05, 3.63) is 200 Å². The van der Waals surface area contributed by atoms with Crippen LogP contribution in [0.3, 0.4) is 0 Å². The van der Waals surface area contributed by atoms with Crippen LogP contribution in [-0.2, 0) is 0 Å². The number of rotatable bonds is 6. The molecular weight excluding hydrogens is 647 g/mol. The number of fused-ring (bicyclic) bond motifs is 6. The zero-order valence-electron chi connectivity index (χ0n) is 28.4. The van der Waals surface area contributed by atoms with E-state index in [4.69, 9.17) is 0 Å². The first-order valence-electron chi connectivity index (χ1n) is 17.8. The number of thiophene rings is 1. The summed E-state index contributed by atoms with van der Waals surface area (Å²) < 4.78 is 2.57. The number of hydrogen-bond acceptors (Lipinski definition) is 2. The van der Waals surface area contributed by atoms with Crippen molar-refractivity contribution in [3.8, 4) is 33.4 Å². The van der Waals surface area contributed by atoms with Crippen LogP contribution < -0.4 is 4.90 Å². The van der Waals surface area contributed by atoms with Gasteiger partial charge in [-0.25, -0.2) is 0 Å². The molecule has 0 aliphatic rings. The van der Waals surface area contributed by atoms with Crippen LogP contribution in [0.1, 0.15) is 0 Å². The van der Waals surface area contributed by atoms with E-state index in [1.54, 1.807) is 0 Å². The summed E-state index contributed by atoms with van der Waals surface area (Å²) in [5.74, 6) is 0. The Kier molecular flexibility index (Phi) is 7.41. The second-order valence-corrected chi connectivity index (χ2v) is 14.4. The first-order valence-corrected chi connectivity index (χ1v) is 18.6. The highest BCUT2D eigenvalue weighted by Crippen LogP contribution is 2.46. The molecular formula is C50H33NS. The fraction of sp³-hybridized carbons (Fsp3) is 0. The Morgan fingerprint density at radius 2 is 0.808 bits per heavy atom. The Labute approximate surface area is 307 Å². The van der Waals surface area contributed by atoms with Gasteiger partial charge in [0.25, 0.3) is 0 Å². The minimum atomic E-state index is 1.12. The van der Waals surface area contributed by atoms with Crippen LogP contribution in [-0.4, -0.2) is 0 Å². The molecule has 0 amide bonds. The summed E-state index contributed by atoms with van der Waals surface area (Å²) in [7, 11) is 0. The number of nitrogens with zero attached hydrogens (tertiary/aromatic N) is 1. The van der Waals surface area contributed by atoms with E-state index in [1.165, 1.54) is 80.8 Å². The Morgan fingerprint density at radius 1 is 0.308 bits per heavy atom. The Morgan fingerprint density at radius 3 is 1.50 bits per heavy atom. The van der Waals surface area contributed by atoms with Crippen LogP contribution in [0, 0.1) is 0 Å². The predicted octanol–water partition coefficient (Wildman–Crippen LogP) is 14.8. The highest BCUT2D eigenvalue weighted by atomic mass is 32.1. The van der Waals surface area contributed by atoms with Crippen molar-refractivity contribution in [2.75, 3.05) is 4.90 Å². The molecule has 1 heterocycles. The molecule has 0 radical (unpaired) electrons. The predicted molar refractivity (Wildman–Crippen MR) is 225 cm³/mol. The molecule has 2 heteroatoms. The van der Waals surface area contributed by atoms with Gasteiger partial charge in [0.15, 0.2) is 0 Å². The molecule has 1 nitrogen and oxygen atoms in total. The average Bonchev–Trinajstić information content (AvgIpc) is 3.61. The van der Waals surface area contributed by atoms with Crippen LogP contribution in [0.5, 0.6) is 0 Å². The number of benzene rings is 9. The fourth-order valence-electron chi connectivity index (χ4n) is 7.65. The fourth-order valence-corrected chi connectivity index (χ4v) is 8.76. The molecule has 0 saturated carbocycles. The average molecular weight is 680 g/mol. The van der Waals surface area contributed by atoms with E-state index in [9.17, 15) is 0 Å². The normalized spacial score (nSPS) is 11.5. The lowest BCUT2D eigenvalue weighted by Gasteiger charge is -2.27. The van der Waals surface area contributed by atoms with Crippen LogP contribution in [0.25, 0.3) is 75.1 Å². The lowest BCUT2D eigenvalue weighted by molar-refractivity contribution is 1.30. The van der Waals surface area contributed by atoms with Crippen molar-refractivity contribution in [3.63, 3.8) is 0 Å². The lowest BCUT2D eigenvalue weighted by Crippen LogP contribution is -2.10. The zero-order valence-corrected chi connectivity index (χ0v) is 29.2. The molecule has 10 rings (SSSR count). The molecule has 0 unspecified atom stereocenters. The van der Waals surface area contributed by atoms with Crippen molar-refractivity contribution in [2.24, 2.45) is 0 Å². The molecule has 0 atom stereocenters. The van der Waals surface area contributed by atoms with Gasteiger partial charge in [-0.05, 0) is 110 Å². The minimum Gasteiger partial charge on any atom is -0.310 e. The van der Waals surface area contributed by atoms with Crippen LogP contribution in [0.15, 0.2) is 200 Å². The SMILES string of the molecule is c1ccc(-c2ccc(N(c3ccc(-c4ccc5ccc6ccccc6c5c4)cc3)c3cccc4sc5ccc(-c6ccccc6)cc5c34)cc2)cc1. The molecule has 0 aliphatic heterocycles. The number of anilines is 3. The second-order valence-electron chi connectivity index (χ2n) is 13.3. The Balaban J connectivity index is 1.13. The van der Waals surface area contributed by atoms with Gasteiger partial charge >= 0.3 is 0 Å². The molecule has 244 valence electrons. The van der Waals surface area contributed by atoms with Crippen molar-refractivity contribution in [2.45, 2.75) is 0 Å². The maximum absolute atomic E-state index is 2.43. The molecule has 9 aromatic carbocycles. The lowest BCUT2D eigenvalue weighted by atomic mass is 9.97. The molecule has 0 spiro atoms. The van der Waals surface area contributed by atoms with Gasteiger partial charge in [0.1, 0.15) is 0 Å². The van der Waals surface area contributed by atoms with E-state index in [1.807, 2.05) is 11.3 Å². The quantitative estimate of drug-likeness (QED) is 0.158. The smallest absolute Gasteiger partial charge is 0.0554 e. The minimum absolute atomic E-state index is 1.12. The van der Waals surface area contributed by atoms with Gasteiger partial charge < -0.3 is 4.90 Å². The van der Waals surface area contributed by atoms with E-state index in [-0.39, 0.29) is 0 Å². The third-order valence-electron chi connectivity index (χ3n) is 10.3. The van der Waals surface area contributed by atoms with Gasteiger partial charge in [-0.1, -0.05) is 146 Å². The third kappa shape index (κ3) is 5.33. The van der Waals surface area contributed by atoms with Gasteiger partial charge in [-0.15, -0.1) is 11.3 Å².